The molecule has 0 aliphatic rings. The van der Waals surface area contributed by atoms with Gasteiger partial charge in [-0.2, -0.15) is 0 Å². The van der Waals surface area contributed by atoms with Gasteiger partial charge in [0.15, 0.2) is 0 Å². The molecule has 0 atom stereocenters. The Balaban J connectivity index is 1.75. The molecular weight excluding hydrogens is 327 g/mol. The Bertz CT molecular complexity index is 1070. The largest absolute Gasteiger partial charge is 0.323 e. The van der Waals surface area contributed by atoms with Crippen LogP contribution < -0.4 is 5.32 Å². The maximum atomic E-state index is 13.7. The predicted molar refractivity (Wildman–Crippen MR) is 102 cm³/mol. The summed E-state index contributed by atoms with van der Waals surface area (Å²) in [7, 11) is 0. The molecule has 2 heterocycles. The summed E-state index contributed by atoms with van der Waals surface area (Å²) in [6.45, 7) is 3.83. The standard InChI is InChI=1S/C21H17FN4/c1-13-8-16(10-17(22)9-13)15-5-6-20-19(11-15)14(2)24-21(26-20)25-18-4-3-7-23-12-18/h3-12H,1-2H3,(H,24,25,26). The van der Waals surface area contributed by atoms with Crippen molar-refractivity contribution in [3.8, 4) is 11.1 Å². The number of halogens is 1. The van der Waals surface area contributed by atoms with Crippen molar-refractivity contribution in [1.29, 1.82) is 0 Å². The summed E-state index contributed by atoms with van der Waals surface area (Å²) in [5.74, 6) is 0.293. The number of fused-ring (bicyclic) bond motifs is 1. The summed E-state index contributed by atoms with van der Waals surface area (Å²) in [5.41, 5.74) is 5.21. The number of nitrogens with zero attached hydrogens (tertiary/aromatic N) is 3. The molecule has 0 saturated carbocycles. The second-order valence-electron chi connectivity index (χ2n) is 6.25. The van der Waals surface area contributed by atoms with Crippen LogP contribution in [0.15, 0.2) is 60.9 Å². The molecule has 0 spiro atoms. The first kappa shape index (κ1) is 16.1. The van der Waals surface area contributed by atoms with E-state index in [2.05, 4.69) is 20.3 Å². The Morgan fingerprint density at radius 1 is 0.923 bits per heavy atom. The average molecular weight is 344 g/mol. The van der Waals surface area contributed by atoms with Crippen LogP contribution in [-0.2, 0) is 0 Å². The van der Waals surface area contributed by atoms with Crippen LogP contribution in [0.1, 0.15) is 11.3 Å². The number of hydrogen-bond acceptors (Lipinski definition) is 4. The molecule has 0 fully saturated rings. The van der Waals surface area contributed by atoms with Crippen molar-refractivity contribution >= 4 is 22.5 Å². The molecule has 128 valence electrons. The normalized spacial score (nSPS) is 10.9. The molecule has 26 heavy (non-hydrogen) atoms. The van der Waals surface area contributed by atoms with Gasteiger partial charge >= 0.3 is 0 Å². The molecule has 2 aromatic carbocycles. The number of aryl methyl sites for hydroxylation is 2. The van der Waals surface area contributed by atoms with Gasteiger partial charge in [-0.25, -0.2) is 14.4 Å². The Labute approximate surface area is 150 Å². The van der Waals surface area contributed by atoms with Gasteiger partial charge in [-0.3, -0.25) is 4.98 Å². The first-order valence-electron chi connectivity index (χ1n) is 8.31. The van der Waals surface area contributed by atoms with Gasteiger partial charge in [0.25, 0.3) is 0 Å². The first-order chi connectivity index (χ1) is 12.6. The minimum atomic E-state index is -0.232. The van der Waals surface area contributed by atoms with E-state index in [9.17, 15) is 4.39 Å². The number of aromatic nitrogens is 3. The molecule has 0 saturated heterocycles. The van der Waals surface area contributed by atoms with Gasteiger partial charge in [-0.1, -0.05) is 12.1 Å². The topological polar surface area (TPSA) is 50.7 Å². The zero-order valence-electron chi connectivity index (χ0n) is 14.5. The minimum absolute atomic E-state index is 0.232. The van der Waals surface area contributed by atoms with Gasteiger partial charge < -0.3 is 5.32 Å². The van der Waals surface area contributed by atoms with E-state index in [1.807, 2.05) is 50.2 Å². The monoisotopic (exact) mass is 344 g/mol. The van der Waals surface area contributed by atoms with Gasteiger partial charge in [-0.05, 0) is 66.9 Å². The predicted octanol–water partition coefficient (Wildman–Crippen LogP) is 5.19. The fraction of sp³-hybridized carbons (Fsp3) is 0.0952. The van der Waals surface area contributed by atoms with E-state index >= 15 is 0 Å². The number of hydrogen-bond donors (Lipinski definition) is 1. The summed E-state index contributed by atoms with van der Waals surface area (Å²) in [6, 6.07) is 14.7. The van der Waals surface area contributed by atoms with Crippen molar-refractivity contribution in [2.75, 3.05) is 5.32 Å². The van der Waals surface area contributed by atoms with Gasteiger partial charge in [0.1, 0.15) is 5.82 Å². The van der Waals surface area contributed by atoms with Crippen molar-refractivity contribution in [2.45, 2.75) is 13.8 Å². The molecule has 0 amide bonds. The van der Waals surface area contributed by atoms with Crippen LogP contribution in [0, 0.1) is 19.7 Å². The maximum Gasteiger partial charge on any atom is 0.228 e. The summed E-state index contributed by atoms with van der Waals surface area (Å²) < 4.78 is 13.7. The summed E-state index contributed by atoms with van der Waals surface area (Å²) in [4.78, 5) is 13.2. The molecule has 1 N–H and O–H groups in total. The zero-order chi connectivity index (χ0) is 18.1. The molecule has 0 radical (unpaired) electrons. The van der Waals surface area contributed by atoms with Gasteiger partial charge in [0.2, 0.25) is 5.95 Å². The molecule has 4 aromatic rings. The van der Waals surface area contributed by atoms with E-state index in [0.29, 0.717) is 5.95 Å². The van der Waals surface area contributed by atoms with Crippen LogP contribution in [0.5, 0.6) is 0 Å². The molecule has 0 bridgehead atoms. The van der Waals surface area contributed by atoms with Crippen LogP contribution in [0.2, 0.25) is 0 Å². The van der Waals surface area contributed by atoms with Crippen molar-refractivity contribution in [3.63, 3.8) is 0 Å². The van der Waals surface area contributed by atoms with E-state index in [0.717, 1.165) is 39.0 Å². The van der Waals surface area contributed by atoms with E-state index in [-0.39, 0.29) is 5.82 Å². The van der Waals surface area contributed by atoms with E-state index in [1.54, 1.807) is 18.5 Å². The molecule has 0 aliphatic heterocycles. The second kappa shape index (κ2) is 6.52. The fourth-order valence-corrected chi connectivity index (χ4v) is 2.99. The van der Waals surface area contributed by atoms with Gasteiger partial charge in [0, 0.05) is 11.6 Å². The number of nitrogens with one attached hydrogen (secondary N) is 1. The average Bonchev–Trinajstić information content (AvgIpc) is 2.61. The maximum absolute atomic E-state index is 13.7. The molecule has 5 heteroatoms. The highest BCUT2D eigenvalue weighted by Gasteiger charge is 2.08. The number of rotatable bonds is 3. The van der Waals surface area contributed by atoms with Gasteiger partial charge in [0.05, 0.1) is 23.1 Å². The SMILES string of the molecule is Cc1cc(F)cc(-c2ccc3nc(Nc4cccnc4)nc(C)c3c2)c1. The van der Waals surface area contributed by atoms with Crippen molar-refractivity contribution < 1.29 is 4.39 Å². The number of benzene rings is 2. The minimum Gasteiger partial charge on any atom is -0.323 e. The number of anilines is 2. The molecule has 4 nitrogen and oxygen atoms in total. The summed E-state index contributed by atoms with van der Waals surface area (Å²) in [6.07, 6.45) is 3.44. The Hall–Kier alpha value is -3.34. The lowest BCUT2D eigenvalue weighted by molar-refractivity contribution is 0.627. The Morgan fingerprint density at radius 3 is 2.58 bits per heavy atom. The molecule has 4 rings (SSSR count). The van der Waals surface area contributed by atoms with Crippen molar-refractivity contribution in [1.82, 2.24) is 15.0 Å². The third-order valence-corrected chi connectivity index (χ3v) is 4.18. The Kier molecular flexibility index (Phi) is 4.05. The van der Waals surface area contributed by atoms with E-state index < -0.39 is 0 Å². The van der Waals surface area contributed by atoms with Crippen LogP contribution in [0.4, 0.5) is 16.0 Å². The highest BCUT2D eigenvalue weighted by Crippen LogP contribution is 2.27. The lowest BCUT2D eigenvalue weighted by Crippen LogP contribution is -2.00. The van der Waals surface area contributed by atoms with Crippen LogP contribution in [0.3, 0.4) is 0 Å². The first-order valence-corrected chi connectivity index (χ1v) is 8.31. The van der Waals surface area contributed by atoms with Crippen molar-refractivity contribution in [3.05, 3.63) is 78.0 Å². The Morgan fingerprint density at radius 2 is 1.81 bits per heavy atom. The second-order valence-corrected chi connectivity index (χ2v) is 6.25. The molecule has 0 aliphatic carbocycles. The lowest BCUT2D eigenvalue weighted by Gasteiger charge is -2.10. The smallest absolute Gasteiger partial charge is 0.228 e. The third kappa shape index (κ3) is 3.24. The van der Waals surface area contributed by atoms with E-state index in [1.165, 1.54) is 6.07 Å². The lowest BCUT2D eigenvalue weighted by atomic mass is 10.0. The van der Waals surface area contributed by atoms with Crippen LogP contribution in [-0.4, -0.2) is 15.0 Å². The zero-order valence-corrected chi connectivity index (χ0v) is 14.5. The van der Waals surface area contributed by atoms with Crippen LogP contribution >= 0.6 is 0 Å². The highest BCUT2D eigenvalue weighted by molar-refractivity contribution is 5.87. The van der Waals surface area contributed by atoms with E-state index in [4.69, 9.17) is 0 Å². The fourth-order valence-electron chi connectivity index (χ4n) is 2.99. The summed E-state index contributed by atoms with van der Waals surface area (Å²) >= 11 is 0. The third-order valence-electron chi connectivity index (χ3n) is 4.18. The highest BCUT2D eigenvalue weighted by atomic mass is 19.1. The number of pyridine rings is 1. The molecule has 2 aromatic heterocycles. The van der Waals surface area contributed by atoms with Crippen LogP contribution in [0.25, 0.3) is 22.0 Å². The van der Waals surface area contributed by atoms with Gasteiger partial charge in [-0.15, -0.1) is 0 Å². The van der Waals surface area contributed by atoms with Crippen molar-refractivity contribution in [2.24, 2.45) is 0 Å². The summed E-state index contributed by atoms with van der Waals surface area (Å²) in [5, 5.41) is 4.11. The molecule has 0 unspecified atom stereocenters. The molecular formula is C21H17FN4. The quantitative estimate of drug-likeness (QED) is 0.555.